The summed E-state index contributed by atoms with van der Waals surface area (Å²) < 4.78 is 5.53. The third-order valence-electron chi connectivity index (χ3n) is 2.46. The van der Waals surface area contributed by atoms with Crippen LogP contribution in [-0.4, -0.2) is 16.7 Å². The fourth-order valence-corrected chi connectivity index (χ4v) is 1.90. The number of aliphatic hydroxyl groups is 1. The number of benzene rings is 1. The lowest BCUT2D eigenvalue weighted by molar-refractivity contribution is 0.299. The Hall–Kier alpha value is -1.49. The van der Waals surface area contributed by atoms with Crippen LogP contribution in [0, 0.1) is 0 Å². The molecule has 0 aliphatic heterocycles. The summed E-state index contributed by atoms with van der Waals surface area (Å²) in [5.41, 5.74) is 6.62. The van der Waals surface area contributed by atoms with Crippen molar-refractivity contribution < 1.29 is 9.84 Å². The molecule has 19 heavy (non-hydrogen) atoms. The lowest BCUT2D eigenvalue weighted by Gasteiger charge is -2.08. The van der Waals surface area contributed by atoms with Crippen molar-refractivity contribution in [2.45, 2.75) is 6.42 Å². The van der Waals surface area contributed by atoms with Gasteiger partial charge in [-0.25, -0.2) is 0 Å². The Morgan fingerprint density at radius 3 is 2.47 bits per heavy atom. The fraction of sp³-hybridized carbons (Fsp3) is 0.154. The van der Waals surface area contributed by atoms with E-state index in [0.717, 1.165) is 5.56 Å². The number of rotatable bonds is 4. The molecule has 2 aromatic rings. The van der Waals surface area contributed by atoms with E-state index in [1.165, 1.54) is 6.07 Å². The van der Waals surface area contributed by atoms with Crippen molar-refractivity contribution in [3.8, 4) is 11.6 Å². The lowest BCUT2D eigenvalue weighted by Crippen LogP contribution is -1.96. The van der Waals surface area contributed by atoms with Crippen molar-refractivity contribution in [3.05, 3.63) is 45.9 Å². The molecule has 0 fully saturated rings. The second kappa shape index (κ2) is 6.10. The number of aromatic nitrogens is 1. The van der Waals surface area contributed by atoms with Crippen LogP contribution in [0.25, 0.3) is 0 Å². The molecule has 0 spiro atoms. The summed E-state index contributed by atoms with van der Waals surface area (Å²) in [7, 11) is 0. The molecular weight excluding hydrogens is 287 g/mol. The van der Waals surface area contributed by atoms with E-state index in [9.17, 15) is 0 Å². The largest absolute Gasteiger partial charge is 0.437 e. The first-order valence-corrected chi connectivity index (χ1v) is 6.35. The summed E-state index contributed by atoms with van der Waals surface area (Å²) in [6.07, 6.45) is 0.604. The van der Waals surface area contributed by atoms with Gasteiger partial charge in [-0.2, -0.15) is 4.98 Å². The Bertz CT molecular complexity index is 574. The minimum atomic E-state index is 0.112. The highest BCUT2D eigenvalue weighted by Crippen LogP contribution is 2.32. The average Bonchev–Trinajstić information content (AvgIpc) is 2.38. The van der Waals surface area contributed by atoms with Gasteiger partial charge in [0.25, 0.3) is 0 Å². The van der Waals surface area contributed by atoms with Crippen LogP contribution in [0.4, 0.5) is 5.82 Å². The van der Waals surface area contributed by atoms with Gasteiger partial charge in [-0.05, 0) is 30.2 Å². The smallest absolute Gasteiger partial charge is 0.240 e. The predicted octanol–water partition coefficient (Wildman–Crippen LogP) is 3.30. The first-order chi connectivity index (χ1) is 9.10. The third-order valence-corrected chi connectivity index (χ3v) is 3.04. The van der Waals surface area contributed by atoms with Crippen molar-refractivity contribution in [1.82, 2.24) is 4.98 Å². The number of hydrogen-bond acceptors (Lipinski definition) is 4. The van der Waals surface area contributed by atoms with Crippen LogP contribution in [0.2, 0.25) is 10.0 Å². The zero-order chi connectivity index (χ0) is 13.8. The van der Waals surface area contributed by atoms with Crippen LogP contribution >= 0.6 is 23.2 Å². The molecule has 1 aromatic heterocycles. The number of nitrogen functional groups attached to an aromatic ring is 1. The molecule has 6 heteroatoms. The summed E-state index contributed by atoms with van der Waals surface area (Å²) in [6.45, 7) is 0.112. The molecule has 0 amide bonds. The number of ether oxygens (including phenoxy) is 1. The minimum Gasteiger partial charge on any atom is -0.437 e. The number of aliphatic hydroxyl groups excluding tert-OH is 1. The molecule has 0 saturated heterocycles. The highest BCUT2D eigenvalue weighted by Gasteiger charge is 2.09. The Morgan fingerprint density at radius 2 is 1.84 bits per heavy atom. The third kappa shape index (κ3) is 3.50. The zero-order valence-electron chi connectivity index (χ0n) is 9.94. The van der Waals surface area contributed by atoms with Gasteiger partial charge in [0.2, 0.25) is 5.88 Å². The van der Waals surface area contributed by atoms with E-state index >= 15 is 0 Å². The van der Waals surface area contributed by atoms with Gasteiger partial charge >= 0.3 is 0 Å². The topological polar surface area (TPSA) is 68.4 Å². The number of nitrogens with zero attached hydrogens (tertiary/aromatic N) is 1. The molecule has 0 radical (unpaired) electrons. The standard InChI is InChI=1S/C13H12Cl2N2O2/c14-10-7-11(15)13(17-12(10)16)19-9-3-1-8(2-4-9)5-6-18/h1-4,7,18H,5-6H2,(H2,16,17). The molecule has 1 aromatic carbocycles. The van der Waals surface area contributed by atoms with Crippen LogP contribution < -0.4 is 10.5 Å². The van der Waals surface area contributed by atoms with Crippen LogP contribution in [0.15, 0.2) is 30.3 Å². The van der Waals surface area contributed by atoms with E-state index < -0.39 is 0 Å². The van der Waals surface area contributed by atoms with Gasteiger partial charge < -0.3 is 15.6 Å². The maximum absolute atomic E-state index is 8.83. The van der Waals surface area contributed by atoms with Crippen molar-refractivity contribution in [2.24, 2.45) is 0 Å². The van der Waals surface area contributed by atoms with E-state index in [2.05, 4.69) is 4.98 Å². The van der Waals surface area contributed by atoms with E-state index in [1.54, 1.807) is 12.1 Å². The zero-order valence-corrected chi connectivity index (χ0v) is 11.4. The maximum atomic E-state index is 8.83. The highest BCUT2D eigenvalue weighted by atomic mass is 35.5. The Kier molecular flexibility index (Phi) is 4.47. The Morgan fingerprint density at radius 1 is 1.16 bits per heavy atom. The quantitative estimate of drug-likeness (QED) is 0.909. The molecule has 4 nitrogen and oxygen atoms in total. The lowest BCUT2D eigenvalue weighted by atomic mass is 10.1. The van der Waals surface area contributed by atoms with Gasteiger partial charge in [0.1, 0.15) is 16.6 Å². The van der Waals surface area contributed by atoms with Crippen LogP contribution in [0.1, 0.15) is 5.56 Å². The van der Waals surface area contributed by atoms with Crippen molar-refractivity contribution in [1.29, 1.82) is 0 Å². The molecule has 0 bridgehead atoms. The van der Waals surface area contributed by atoms with Crippen LogP contribution in [-0.2, 0) is 6.42 Å². The van der Waals surface area contributed by atoms with Gasteiger partial charge in [-0.1, -0.05) is 35.3 Å². The molecule has 0 aliphatic rings. The molecule has 0 saturated carbocycles. The summed E-state index contributed by atoms with van der Waals surface area (Å²) in [5, 5.41) is 9.41. The molecule has 2 rings (SSSR count). The summed E-state index contributed by atoms with van der Waals surface area (Å²) in [5.74, 6) is 0.953. The number of anilines is 1. The van der Waals surface area contributed by atoms with E-state index in [1.807, 2.05) is 12.1 Å². The SMILES string of the molecule is Nc1nc(Oc2ccc(CCO)cc2)c(Cl)cc1Cl. The maximum Gasteiger partial charge on any atom is 0.240 e. The molecule has 0 unspecified atom stereocenters. The van der Waals surface area contributed by atoms with Crippen molar-refractivity contribution in [3.63, 3.8) is 0 Å². The second-order valence-corrected chi connectivity index (χ2v) is 4.68. The molecule has 0 aliphatic carbocycles. The van der Waals surface area contributed by atoms with E-state index in [-0.39, 0.29) is 23.3 Å². The summed E-state index contributed by atoms with van der Waals surface area (Å²) in [4.78, 5) is 3.98. The second-order valence-electron chi connectivity index (χ2n) is 3.86. The van der Waals surface area contributed by atoms with Gasteiger partial charge in [0.05, 0.1) is 5.02 Å². The first kappa shape index (κ1) is 13.9. The van der Waals surface area contributed by atoms with Crippen LogP contribution in [0.5, 0.6) is 11.6 Å². The number of halogens is 2. The van der Waals surface area contributed by atoms with Gasteiger partial charge in [0.15, 0.2) is 0 Å². The van der Waals surface area contributed by atoms with Crippen LogP contribution in [0.3, 0.4) is 0 Å². The van der Waals surface area contributed by atoms with Gasteiger partial charge in [-0.15, -0.1) is 0 Å². The average molecular weight is 299 g/mol. The minimum absolute atomic E-state index is 0.112. The highest BCUT2D eigenvalue weighted by molar-refractivity contribution is 6.36. The molecule has 1 heterocycles. The first-order valence-electron chi connectivity index (χ1n) is 5.59. The fourth-order valence-electron chi connectivity index (χ4n) is 1.50. The Labute approximate surface area is 120 Å². The Balaban J connectivity index is 2.19. The number of pyridine rings is 1. The van der Waals surface area contributed by atoms with Gasteiger partial charge in [-0.3, -0.25) is 0 Å². The number of hydrogen-bond donors (Lipinski definition) is 2. The molecular formula is C13H12Cl2N2O2. The molecule has 0 atom stereocenters. The predicted molar refractivity (Wildman–Crippen MR) is 76.0 cm³/mol. The van der Waals surface area contributed by atoms with Crippen molar-refractivity contribution in [2.75, 3.05) is 12.3 Å². The summed E-state index contributed by atoms with van der Waals surface area (Å²) >= 11 is 11.8. The number of nitrogens with two attached hydrogens (primary N) is 1. The van der Waals surface area contributed by atoms with Crippen molar-refractivity contribution >= 4 is 29.0 Å². The van der Waals surface area contributed by atoms with E-state index in [4.69, 9.17) is 38.8 Å². The van der Waals surface area contributed by atoms with Gasteiger partial charge in [0, 0.05) is 6.61 Å². The normalized spacial score (nSPS) is 10.5. The molecule has 100 valence electrons. The monoisotopic (exact) mass is 298 g/mol. The van der Waals surface area contributed by atoms with E-state index in [0.29, 0.717) is 17.2 Å². The molecule has 3 N–H and O–H groups in total. The summed E-state index contributed by atoms with van der Waals surface area (Å²) in [6, 6.07) is 8.75.